The molecule has 2 heterocycles. The monoisotopic (exact) mass is 425 g/mol. The van der Waals surface area contributed by atoms with Gasteiger partial charge in [-0.1, -0.05) is 16.7 Å². The summed E-state index contributed by atoms with van der Waals surface area (Å²) < 4.78 is 34.5. The van der Waals surface area contributed by atoms with Gasteiger partial charge in [0.2, 0.25) is 5.88 Å². The number of ether oxygens (including phenoxy) is 2. The number of halogens is 1. The third kappa shape index (κ3) is 4.15. The molecule has 0 aromatic carbocycles. The molecule has 28 heavy (non-hydrogen) atoms. The van der Waals surface area contributed by atoms with E-state index in [1.165, 1.54) is 13.4 Å². The smallest absolute Gasteiger partial charge is 0.223 e. The second-order valence-electron chi connectivity index (χ2n) is 7.10. The molecule has 2 aromatic heterocycles. The molecule has 0 radical (unpaired) electrons. The van der Waals surface area contributed by atoms with Crippen molar-refractivity contribution >= 4 is 32.2 Å². The highest BCUT2D eigenvalue weighted by atomic mass is 35.5. The Hall–Kier alpha value is -2.13. The van der Waals surface area contributed by atoms with Gasteiger partial charge in [-0.15, -0.1) is 0 Å². The molecule has 0 N–H and O–H groups in total. The molecule has 1 saturated carbocycles. The molecule has 0 amide bonds. The second kappa shape index (κ2) is 7.71. The van der Waals surface area contributed by atoms with Crippen LogP contribution in [0.15, 0.2) is 23.4 Å². The van der Waals surface area contributed by atoms with Gasteiger partial charge in [0.15, 0.2) is 9.84 Å². The first-order valence-electron chi connectivity index (χ1n) is 8.54. The number of hydrogen-bond acceptors (Lipinski definition) is 7. The van der Waals surface area contributed by atoms with Crippen molar-refractivity contribution in [3.63, 3.8) is 0 Å². The van der Waals surface area contributed by atoms with E-state index in [1.807, 2.05) is 0 Å². The Morgan fingerprint density at radius 2 is 2.14 bits per heavy atom. The maximum atomic E-state index is 11.6. The van der Waals surface area contributed by atoms with Gasteiger partial charge in [-0.2, -0.15) is 0 Å². The van der Waals surface area contributed by atoms with Crippen molar-refractivity contribution < 1.29 is 17.9 Å². The van der Waals surface area contributed by atoms with Gasteiger partial charge < -0.3 is 9.47 Å². The number of aromatic nitrogens is 2. The molecule has 1 aliphatic carbocycles. The lowest BCUT2D eigenvalue weighted by Crippen LogP contribution is -2.42. The number of rotatable bonds is 7. The van der Waals surface area contributed by atoms with E-state index in [0.29, 0.717) is 35.0 Å². The van der Waals surface area contributed by atoms with Gasteiger partial charge in [-0.3, -0.25) is 0 Å². The summed E-state index contributed by atoms with van der Waals surface area (Å²) in [4.78, 5) is 11.5. The molecule has 150 valence electrons. The zero-order chi connectivity index (χ0) is 20.5. The lowest BCUT2D eigenvalue weighted by atomic mass is 9.95. The van der Waals surface area contributed by atoms with Crippen LogP contribution in [-0.2, 0) is 20.1 Å². The Morgan fingerprint density at radius 1 is 1.43 bits per heavy atom. The minimum atomic E-state index is -3.09. The SMILES string of the molecule is COC[C@@](C)(N=[N+]=[N-])c1cc2cc(Cl)ncc2c(OC2CC(S(C)(=O)=O)C2)n1. The molecule has 0 unspecified atom stereocenters. The van der Waals surface area contributed by atoms with Gasteiger partial charge in [-0.25, -0.2) is 18.4 Å². The van der Waals surface area contributed by atoms with Crippen LogP contribution in [0, 0.1) is 0 Å². The van der Waals surface area contributed by atoms with E-state index in [1.54, 1.807) is 25.3 Å². The third-order valence-electron chi connectivity index (χ3n) is 4.83. The topological polar surface area (TPSA) is 127 Å². The molecule has 0 bridgehead atoms. The predicted octanol–water partition coefficient (Wildman–Crippen LogP) is 3.41. The molecular formula is C17H20ClN5O4S. The Bertz CT molecular complexity index is 1050. The summed E-state index contributed by atoms with van der Waals surface area (Å²) in [6, 6.07) is 3.42. The number of sulfone groups is 1. The Kier molecular flexibility index (Phi) is 5.67. The summed E-state index contributed by atoms with van der Waals surface area (Å²) in [6.07, 6.45) is 3.31. The number of fused-ring (bicyclic) bond motifs is 1. The van der Waals surface area contributed by atoms with Gasteiger partial charge >= 0.3 is 0 Å². The first-order chi connectivity index (χ1) is 13.2. The Morgan fingerprint density at radius 3 is 2.75 bits per heavy atom. The number of azide groups is 1. The van der Waals surface area contributed by atoms with Crippen LogP contribution in [0.2, 0.25) is 5.15 Å². The first kappa shape index (κ1) is 20.6. The molecule has 11 heteroatoms. The van der Waals surface area contributed by atoms with E-state index in [9.17, 15) is 8.42 Å². The fourth-order valence-corrected chi connectivity index (χ4v) is 4.41. The molecular weight excluding hydrogens is 406 g/mol. The predicted molar refractivity (Wildman–Crippen MR) is 105 cm³/mol. The molecule has 0 spiro atoms. The highest BCUT2D eigenvalue weighted by molar-refractivity contribution is 7.91. The molecule has 0 saturated heterocycles. The van der Waals surface area contributed by atoms with E-state index in [0.717, 1.165) is 5.39 Å². The number of methoxy groups -OCH3 is 1. The van der Waals surface area contributed by atoms with Crippen LogP contribution in [0.3, 0.4) is 0 Å². The average Bonchev–Trinajstić information content (AvgIpc) is 2.56. The van der Waals surface area contributed by atoms with Gasteiger partial charge in [-0.05, 0) is 30.0 Å². The van der Waals surface area contributed by atoms with Crippen molar-refractivity contribution in [2.24, 2.45) is 5.11 Å². The minimum Gasteiger partial charge on any atom is -0.474 e. The Balaban J connectivity index is 2.02. The summed E-state index contributed by atoms with van der Waals surface area (Å²) in [5.74, 6) is 0.295. The van der Waals surface area contributed by atoms with E-state index in [4.69, 9.17) is 26.6 Å². The lowest BCUT2D eigenvalue weighted by Gasteiger charge is -2.34. The number of pyridine rings is 2. The molecule has 3 rings (SSSR count). The van der Waals surface area contributed by atoms with Crippen LogP contribution in [0.25, 0.3) is 21.2 Å². The fraction of sp³-hybridized carbons (Fsp3) is 0.529. The highest BCUT2D eigenvalue weighted by Crippen LogP contribution is 2.36. The second-order valence-corrected chi connectivity index (χ2v) is 9.81. The quantitative estimate of drug-likeness (QED) is 0.289. The van der Waals surface area contributed by atoms with Crippen LogP contribution in [0.4, 0.5) is 0 Å². The summed E-state index contributed by atoms with van der Waals surface area (Å²) >= 11 is 6.03. The van der Waals surface area contributed by atoms with Crippen LogP contribution in [0.5, 0.6) is 5.88 Å². The van der Waals surface area contributed by atoms with Crippen LogP contribution in [0.1, 0.15) is 25.5 Å². The van der Waals surface area contributed by atoms with Gasteiger partial charge in [0, 0.05) is 37.3 Å². The van der Waals surface area contributed by atoms with E-state index < -0.39 is 20.6 Å². The van der Waals surface area contributed by atoms with Gasteiger partial charge in [0.25, 0.3) is 0 Å². The standard InChI is InChI=1S/C17H20ClN5O4S/c1-17(9-26-2,22-23-19)14-4-10-5-15(18)20-8-13(10)16(21-14)27-11-6-12(7-11)28(3,24)25/h4-5,8,11-12H,6-7,9H2,1-3H3/t11?,12?,17-/m1/s1. The van der Waals surface area contributed by atoms with E-state index >= 15 is 0 Å². The van der Waals surface area contributed by atoms with Crippen molar-refractivity contribution in [1.82, 2.24) is 9.97 Å². The van der Waals surface area contributed by atoms with Gasteiger partial charge in [0.05, 0.1) is 22.9 Å². The molecule has 1 fully saturated rings. The van der Waals surface area contributed by atoms with E-state index in [-0.39, 0.29) is 12.7 Å². The number of hydrogen-bond donors (Lipinski definition) is 0. The summed E-state index contributed by atoms with van der Waals surface area (Å²) in [5, 5.41) is 5.10. The van der Waals surface area contributed by atoms with E-state index in [2.05, 4.69) is 20.0 Å². The molecule has 2 aromatic rings. The maximum absolute atomic E-state index is 11.6. The molecule has 9 nitrogen and oxygen atoms in total. The van der Waals surface area contributed by atoms with Crippen molar-refractivity contribution in [1.29, 1.82) is 0 Å². The molecule has 0 aliphatic heterocycles. The van der Waals surface area contributed by atoms with Crippen LogP contribution >= 0.6 is 11.6 Å². The van der Waals surface area contributed by atoms with Crippen LogP contribution < -0.4 is 4.74 Å². The minimum absolute atomic E-state index is 0.118. The zero-order valence-electron chi connectivity index (χ0n) is 15.7. The normalized spacial score (nSPS) is 21.4. The highest BCUT2D eigenvalue weighted by Gasteiger charge is 2.38. The first-order valence-corrected chi connectivity index (χ1v) is 10.9. The zero-order valence-corrected chi connectivity index (χ0v) is 17.2. The maximum Gasteiger partial charge on any atom is 0.223 e. The molecule has 1 atom stereocenters. The average molecular weight is 426 g/mol. The molecule has 1 aliphatic rings. The van der Waals surface area contributed by atoms with Gasteiger partial charge in [0.1, 0.15) is 16.8 Å². The fourth-order valence-electron chi connectivity index (χ4n) is 3.11. The van der Waals surface area contributed by atoms with Crippen molar-refractivity contribution in [3.05, 3.63) is 39.6 Å². The van der Waals surface area contributed by atoms with Crippen LogP contribution in [-0.4, -0.2) is 49.7 Å². The van der Waals surface area contributed by atoms with Crippen molar-refractivity contribution in [3.8, 4) is 5.88 Å². The summed E-state index contributed by atoms with van der Waals surface area (Å²) in [6.45, 7) is 1.83. The van der Waals surface area contributed by atoms with Crippen molar-refractivity contribution in [2.45, 2.75) is 36.7 Å². The summed E-state index contributed by atoms with van der Waals surface area (Å²) in [5.41, 5.74) is 8.37. The number of nitrogens with zero attached hydrogens (tertiary/aromatic N) is 5. The largest absolute Gasteiger partial charge is 0.474 e. The Labute approximate surface area is 167 Å². The lowest BCUT2D eigenvalue weighted by molar-refractivity contribution is 0.116. The van der Waals surface area contributed by atoms with Crippen molar-refractivity contribution in [2.75, 3.05) is 20.0 Å². The third-order valence-corrected chi connectivity index (χ3v) is 6.63. The summed E-state index contributed by atoms with van der Waals surface area (Å²) in [7, 11) is -1.58.